The third-order valence-corrected chi connectivity index (χ3v) is 3.45. The van der Waals surface area contributed by atoms with Crippen LogP contribution in [-0.4, -0.2) is 19.1 Å². The van der Waals surface area contributed by atoms with E-state index >= 15 is 0 Å². The average molecular weight is 255 g/mol. The molecule has 1 heterocycles. The molecule has 4 heteroatoms. The molecule has 0 amide bonds. The Morgan fingerprint density at radius 2 is 1.88 bits per heavy atom. The summed E-state index contributed by atoms with van der Waals surface area (Å²) < 4.78 is 0. The maximum absolute atomic E-state index is 6.23. The molecule has 1 aromatic heterocycles. The van der Waals surface area contributed by atoms with E-state index in [0.717, 1.165) is 22.2 Å². The lowest BCUT2D eigenvalue weighted by Gasteiger charge is -2.13. The van der Waals surface area contributed by atoms with Gasteiger partial charge < -0.3 is 4.90 Å². The topological polar surface area (TPSA) is 16.1 Å². The van der Waals surface area contributed by atoms with E-state index in [4.69, 9.17) is 23.2 Å². The summed E-state index contributed by atoms with van der Waals surface area (Å²) in [6, 6.07) is 5.97. The van der Waals surface area contributed by atoms with Gasteiger partial charge in [-0.2, -0.15) is 0 Å². The van der Waals surface area contributed by atoms with Gasteiger partial charge in [-0.25, -0.2) is 4.98 Å². The third-order valence-electron chi connectivity index (χ3n) is 2.59. The number of hydrogen-bond acceptors (Lipinski definition) is 2. The zero-order valence-corrected chi connectivity index (χ0v) is 10.9. The number of rotatable bonds is 1. The molecule has 0 fully saturated rings. The van der Waals surface area contributed by atoms with E-state index < -0.39 is 0 Å². The lowest BCUT2D eigenvalue weighted by Crippen LogP contribution is -2.08. The van der Waals surface area contributed by atoms with Crippen molar-refractivity contribution in [2.45, 2.75) is 6.92 Å². The molecule has 0 radical (unpaired) electrons. The van der Waals surface area contributed by atoms with Crippen LogP contribution >= 0.6 is 23.2 Å². The summed E-state index contributed by atoms with van der Waals surface area (Å²) >= 11 is 12.2. The average Bonchev–Trinajstić information content (AvgIpc) is 2.25. The Morgan fingerprint density at radius 3 is 2.50 bits per heavy atom. The van der Waals surface area contributed by atoms with Crippen molar-refractivity contribution < 1.29 is 0 Å². The number of pyridine rings is 1. The van der Waals surface area contributed by atoms with Crippen molar-refractivity contribution in [2.24, 2.45) is 0 Å². The first-order valence-corrected chi connectivity index (χ1v) is 5.69. The van der Waals surface area contributed by atoms with Crippen molar-refractivity contribution in [1.29, 1.82) is 0 Å². The molecule has 0 aliphatic heterocycles. The molecule has 0 saturated carbocycles. The van der Waals surface area contributed by atoms with Crippen LogP contribution in [0.4, 0.5) is 5.69 Å². The fourth-order valence-electron chi connectivity index (χ4n) is 1.56. The summed E-state index contributed by atoms with van der Waals surface area (Å²) in [5.74, 6) is 0. The highest BCUT2D eigenvalue weighted by atomic mass is 35.5. The summed E-state index contributed by atoms with van der Waals surface area (Å²) in [5, 5.41) is 2.09. The quantitative estimate of drug-likeness (QED) is 0.718. The van der Waals surface area contributed by atoms with Crippen LogP contribution in [0.25, 0.3) is 10.9 Å². The fraction of sp³-hybridized carbons (Fsp3) is 0.250. The lowest BCUT2D eigenvalue weighted by atomic mass is 10.1. The fourth-order valence-corrected chi connectivity index (χ4v) is 2.04. The standard InChI is InChI=1S/C12H12Cl2N2/c1-7-11(13)9-5-4-8(16(2)3)6-10(9)15-12(7)14/h4-6H,1-3H3. The number of halogens is 2. The smallest absolute Gasteiger partial charge is 0.134 e. The van der Waals surface area contributed by atoms with Gasteiger partial charge in [0.1, 0.15) is 5.15 Å². The van der Waals surface area contributed by atoms with Crippen LogP contribution in [0.15, 0.2) is 18.2 Å². The van der Waals surface area contributed by atoms with E-state index in [2.05, 4.69) is 4.98 Å². The molecule has 0 aliphatic rings. The highest BCUT2D eigenvalue weighted by Crippen LogP contribution is 2.31. The molecule has 0 atom stereocenters. The second-order valence-electron chi connectivity index (χ2n) is 3.94. The summed E-state index contributed by atoms with van der Waals surface area (Å²) in [5.41, 5.74) is 2.73. The second-order valence-corrected chi connectivity index (χ2v) is 4.67. The van der Waals surface area contributed by atoms with Crippen molar-refractivity contribution in [1.82, 2.24) is 4.98 Å². The van der Waals surface area contributed by atoms with Crippen LogP contribution in [0.2, 0.25) is 10.2 Å². The number of anilines is 1. The Morgan fingerprint density at radius 1 is 1.19 bits per heavy atom. The Labute approximate surface area is 105 Å². The number of fused-ring (bicyclic) bond motifs is 1. The zero-order valence-electron chi connectivity index (χ0n) is 9.38. The molecule has 16 heavy (non-hydrogen) atoms. The van der Waals surface area contributed by atoms with Crippen LogP contribution in [-0.2, 0) is 0 Å². The van der Waals surface area contributed by atoms with Crippen molar-refractivity contribution in [3.8, 4) is 0 Å². The molecule has 84 valence electrons. The Hall–Kier alpha value is -0.990. The minimum absolute atomic E-state index is 0.466. The minimum atomic E-state index is 0.466. The van der Waals surface area contributed by atoms with Gasteiger partial charge in [0.2, 0.25) is 0 Å². The first-order chi connectivity index (χ1) is 7.50. The highest BCUT2D eigenvalue weighted by Gasteiger charge is 2.09. The molecule has 0 spiro atoms. The number of hydrogen-bond donors (Lipinski definition) is 0. The van der Waals surface area contributed by atoms with E-state index in [1.807, 2.05) is 44.1 Å². The largest absolute Gasteiger partial charge is 0.378 e. The van der Waals surface area contributed by atoms with Crippen molar-refractivity contribution in [3.63, 3.8) is 0 Å². The Kier molecular flexibility index (Phi) is 2.96. The van der Waals surface area contributed by atoms with Gasteiger partial charge in [0, 0.05) is 30.7 Å². The minimum Gasteiger partial charge on any atom is -0.378 e. The monoisotopic (exact) mass is 254 g/mol. The maximum atomic E-state index is 6.23. The molecular weight excluding hydrogens is 243 g/mol. The molecular formula is C12H12Cl2N2. The van der Waals surface area contributed by atoms with Gasteiger partial charge in [-0.15, -0.1) is 0 Å². The second kappa shape index (κ2) is 4.11. The van der Waals surface area contributed by atoms with Crippen molar-refractivity contribution in [2.75, 3.05) is 19.0 Å². The summed E-state index contributed by atoms with van der Waals surface area (Å²) in [4.78, 5) is 6.35. The van der Waals surface area contributed by atoms with E-state index in [1.54, 1.807) is 0 Å². The predicted octanol–water partition coefficient (Wildman–Crippen LogP) is 3.92. The van der Waals surface area contributed by atoms with Gasteiger partial charge >= 0.3 is 0 Å². The molecule has 2 aromatic rings. The lowest BCUT2D eigenvalue weighted by molar-refractivity contribution is 1.13. The molecule has 1 aromatic carbocycles. The molecule has 2 rings (SSSR count). The van der Waals surface area contributed by atoms with Gasteiger partial charge in [-0.1, -0.05) is 23.2 Å². The molecule has 2 nitrogen and oxygen atoms in total. The van der Waals surface area contributed by atoms with E-state index in [-0.39, 0.29) is 0 Å². The Bertz CT molecular complexity index is 550. The summed E-state index contributed by atoms with van der Waals surface area (Å²) in [6.07, 6.45) is 0. The van der Waals surface area contributed by atoms with Gasteiger partial charge in [0.05, 0.1) is 10.5 Å². The zero-order chi connectivity index (χ0) is 11.9. The summed E-state index contributed by atoms with van der Waals surface area (Å²) in [7, 11) is 3.97. The summed E-state index contributed by atoms with van der Waals surface area (Å²) in [6.45, 7) is 1.87. The molecule has 0 bridgehead atoms. The molecule has 0 unspecified atom stereocenters. The van der Waals surface area contributed by atoms with Crippen LogP contribution in [0.5, 0.6) is 0 Å². The van der Waals surface area contributed by atoms with Crippen LogP contribution in [0.3, 0.4) is 0 Å². The number of aromatic nitrogens is 1. The van der Waals surface area contributed by atoms with Crippen LogP contribution in [0, 0.1) is 6.92 Å². The normalized spacial score (nSPS) is 10.8. The number of nitrogens with zero attached hydrogens (tertiary/aromatic N) is 2. The van der Waals surface area contributed by atoms with Gasteiger partial charge in [0.15, 0.2) is 0 Å². The van der Waals surface area contributed by atoms with Crippen LogP contribution < -0.4 is 4.90 Å². The van der Waals surface area contributed by atoms with Gasteiger partial charge in [-0.05, 0) is 25.1 Å². The molecule has 0 N–H and O–H groups in total. The molecule has 0 saturated heterocycles. The van der Waals surface area contributed by atoms with Gasteiger partial charge in [-0.3, -0.25) is 0 Å². The van der Waals surface area contributed by atoms with E-state index in [0.29, 0.717) is 10.2 Å². The SMILES string of the molecule is Cc1c(Cl)nc2cc(N(C)C)ccc2c1Cl. The van der Waals surface area contributed by atoms with Crippen molar-refractivity contribution in [3.05, 3.63) is 33.9 Å². The first kappa shape index (κ1) is 11.5. The first-order valence-electron chi connectivity index (χ1n) is 4.93. The predicted molar refractivity (Wildman–Crippen MR) is 70.8 cm³/mol. The van der Waals surface area contributed by atoms with Crippen LogP contribution in [0.1, 0.15) is 5.56 Å². The molecule has 0 aliphatic carbocycles. The third kappa shape index (κ3) is 1.83. The van der Waals surface area contributed by atoms with Gasteiger partial charge in [0.25, 0.3) is 0 Å². The maximum Gasteiger partial charge on any atom is 0.134 e. The van der Waals surface area contributed by atoms with E-state index in [1.165, 1.54) is 0 Å². The Balaban J connectivity index is 2.76. The van der Waals surface area contributed by atoms with E-state index in [9.17, 15) is 0 Å². The number of benzene rings is 1. The van der Waals surface area contributed by atoms with Crippen molar-refractivity contribution >= 4 is 39.8 Å². The highest BCUT2D eigenvalue weighted by molar-refractivity contribution is 6.39.